The second kappa shape index (κ2) is 10.1. The van der Waals surface area contributed by atoms with Crippen LogP contribution in [0.2, 0.25) is 0 Å². The maximum absolute atomic E-state index is 12.2. The number of amides is 1. The van der Waals surface area contributed by atoms with Gasteiger partial charge in [0.1, 0.15) is 0 Å². The molecule has 2 atom stereocenters. The van der Waals surface area contributed by atoms with E-state index in [0.717, 1.165) is 32.5 Å². The molecule has 0 spiro atoms. The Labute approximate surface area is 123 Å². The molecular formula is C15H31N3O2. The minimum atomic E-state index is -0.0687. The predicted molar refractivity (Wildman–Crippen MR) is 81.9 cm³/mol. The number of hydrogen-bond acceptors (Lipinski definition) is 4. The van der Waals surface area contributed by atoms with Gasteiger partial charge in [0.2, 0.25) is 5.91 Å². The Hall–Kier alpha value is -0.650. The topological polar surface area (TPSA) is 53.6 Å². The second-order valence-corrected chi connectivity index (χ2v) is 5.60. The van der Waals surface area contributed by atoms with Crippen molar-refractivity contribution in [3.8, 4) is 0 Å². The zero-order chi connectivity index (χ0) is 14.8. The molecule has 1 aliphatic rings. The van der Waals surface area contributed by atoms with Crippen molar-refractivity contribution >= 4 is 5.91 Å². The molecule has 0 aromatic rings. The summed E-state index contributed by atoms with van der Waals surface area (Å²) >= 11 is 0. The van der Waals surface area contributed by atoms with Crippen LogP contribution in [0.4, 0.5) is 0 Å². The van der Waals surface area contributed by atoms with Gasteiger partial charge in [0.05, 0.1) is 12.6 Å². The molecular weight excluding hydrogens is 254 g/mol. The maximum Gasteiger partial charge on any atom is 0.237 e. The number of unbranched alkanes of at least 4 members (excludes halogenated alkanes) is 1. The van der Waals surface area contributed by atoms with Gasteiger partial charge in [0.25, 0.3) is 0 Å². The van der Waals surface area contributed by atoms with Gasteiger partial charge in [-0.1, -0.05) is 13.3 Å². The fourth-order valence-corrected chi connectivity index (χ4v) is 2.59. The molecule has 1 amide bonds. The summed E-state index contributed by atoms with van der Waals surface area (Å²) in [5.41, 5.74) is 0. The first-order valence-electron chi connectivity index (χ1n) is 7.93. The lowest BCUT2D eigenvalue weighted by Gasteiger charge is -2.30. The largest absolute Gasteiger partial charge is 0.383 e. The van der Waals surface area contributed by atoms with Crippen LogP contribution in [0.5, 0.6) is 0 Å². The lowest BCUT2D eigenvalue weighted by atomic mass is 10.1. The van der Waals surface area contributed by atoms with E-state index in [1.165, 1.54) is 12.8 Å². The summed E-state index contributed by atoms with van der Waals surface area (Å²) in [6.07, 6.45) is 4.77. The van der Waals surface area contributed by atoms with E-state index in [1.54, 1.807) is 7.11 Å². The molecule has 0 aliphatic carbocycles. The van der Waals surface area contributed by atoms with Crippen molar-refractivity contribution < 1.29 is 9.53 Å². The number of nitrogens with one attached hydrogen (secondary N) is 2. The van der Waals surface area contributed by atoms with E-state index in [4.69, 9.17) is 4.74 Å². The molecule has 2 N–H and O–H groups in total. The number of carbonyl (C=O) groups is 1. The highest BCUT2D eigenvalue weighted by Crippen LogP contribution is 2.10. The lowest BCUT2D eigenvalue weighted by Crippen LogP contribution is -2.50. The molecule has 1 saturated heterocycles. The minimum Gasteiger partial charge on any atom is -0.383 e. The van der Waals surface area contributed by atoms with Gasteiger partial charge >= 0.3 is 0 Å². The predicted octanol–water partition coefficient (Wildman–Crippen LogP) is 0.992. The summed E-state index contributed by atoms with van der Waals surface area (Å²) in [5, 5.41) is 6.46. The SMILES string of the molecule is CCCCN(CC1CCCN1)C(C)C(=O)NCCOC. The Kier molecular flexibility index (Phi) is 8.82. The Morgan fingerprint density at radius 3 is 2.95 bits per heavy atom. The van der Waals surface area contributed by atoms with Gasteiger partial charge in [0.15, 0.2) is 0 Å². The van der Waals surface area contributed by atoms with E-state index in [9.17, 15) is 4.79 Å². The molecule has 0 radical (unpaired) electrons. The van der Waals surface area contributed by atoms with Crippen molar-refractivity contribution in [3.63, 3.8) is 0 Å². The lowest BCUT2D eigenvalue weighted by molar-refractivity contribution is -0.126. The highest BCUT2D eigenvalue weighted by Gasteiger charge is 2.24. The summed E-state index contributed by atoms with van der Waals surface area (Å²) in [4.78, 5) is 14.5. The Morgan fingerprint density at radius 2 is 2.35 bits per heavy atom. The third-order valence-electron chi connectivity index (χ3n) is 3.95. The summed E-state index contributed by atoms with van der Waals surface area (Å²) in [6.45, 7) is 8.43. The van der Waals surface area contributed by atoms with Crippen LogP contribution in [0.15, 0.2) is 0 Å². The van der Waals surface area contributed by atoms with Gasteiger partial charge in [-0.05, 0) is 39.3 Å². The zero-order valence-electron chi connectivity index (χ0n) is 13.3. The van der Waals surface area contributed by atoms with E-state index >= 15 is 0 Å². The van der Waals surface area contributed by atoms with Gasteiger partial charge in [-0.25, -0.2) is 0 Å². The first-order valence-corrected chi connectivity index (χ1v) is 7.93. The van der Waals surface area contributed by atoms with Crippen molar-refractivity contribution in [1.82, 2.24) is 15.5 Å². The molecule has 118 valence electrons. The van der Waals surface area contributed by atoms with Crippen molar-refractivity contribution in [1.29, 1.82) is 0 Å². The van der Waals surface area contributed by atoms with Crippen molar-refractivity contribution in [2.24, 2.45) is 0 Å². The third-order valence-corrected chi connectivity index (χ3v) is 3.95. The van der Waals surface area contributed by atoms with Crippen LogP contribution in [-0.2, 0) is 9.53 Å². The fraction of sp³-hybridized carbons (Fsp3) is 0.933. The van der Waals surface area contributed by atoms with E-state index in [2.05, 4.69) is 22.5 Å². The summed E-state index contributed by atoms with van der Waals surface area (Å²) < 4.78 is 4.97. The molecule has 5 nitrogen and oxygen atoms in total. The van der Waals surface area contributed by atoms with Gasteiger partial charge in [-0.2, -0.15) is 0 Å². The standard InChI is InChI=1S/C15H31N3O2/c1-4-5-10-18(12-14-7-6-8-16-14)13(2)15(19)17-9-11-20-3/h13-14,16H,4-12H2,1-3H3,(H,17,19). The van der Waals surface area contributed by atoms with Gasteiger partial charge in [-0.3, -0.25) is 9.69 Å². The van der Waals surface area contributed by atoms with Crippen LogP contribution in [-0.4, -0.2) is 62.8 Å². The van der Waals surface area contributed by atoms with Crippen molar-refractivity contribution in [2.45, 2.75) is 51.6 Å². The maximum atomic E-state index is 12.2. The molecule has 1 aliphatic heterocycles. The van der Waals surface area contributed by atoms with Gasteiger partial charge in [0, 0.05) is 26.2 Å². The normalized spacial score (nSPS) is 20.3. The molecule has 1 rings (SSSR count). The number of hydrogen-bond donors (Lipinski definition) is 2. The monoisotopic (exact) mass is 285 g/mol. The zero-order valence-corrected chi connectivity index (χ0v) is 13.3. The van der Waals surface area contributed by atoms with Crippen LogP contribution in [0.25, 0.3) is 0 Å². The van der Waals surface area contributed by atoms with Crippen LogP contribution >= 0.6 is 0 Å². The summed E-state index contributed by atoms with van der Waals surface area (Å²) in [6, 6.07) is 0.474. The minimum absolute atomic E-state index is 0.0687. The number of nitrogens with zero attached hydrogens (tertiary/aromatic N) is 1. The Balaban J connectivity index is 2.44. The van der Waals surface area contributed by atoms with Crippen molar-refractivity contribution in [3.05, 3.63) is 0 Å². The first kappa shape index (κ1) is 17.4. The molecule has 0 saturated carbocycles. The van der Waals surface area contributed by atoms with E-state index in [1.807, 2.05) is 6.92 Å². The highest BCUT2D eigenvalue weighted by atomic mass is 16.5. The average Bonchev–Trinajstić information content (AvgIpc) is 2.95. The quantitative estimate of drug-likeness (QED) is 0.588. The van der Waals surface area contributed by atoms with Crippen LogP contribution in [0.3, 0.4) is 0 Å². The van der Waals surface area contributed by atoms with Crippen molar-refractivity contribution in [2.75, 3.05) is 39.9 Å². The van der Waals surface area contributed by atoms with Crippen LogP contribution in [0, 0.1) is 0 Å². The second-order valence-electron chi connectivity index (χ2n) is 5.60. The molecule has 5 heteroatoms. The van der Waals surface area contributed by atoms with Gasteiger partial charge < -0.3 is 15.4 Å². The molecule has 20 heavy (non-hydrogen) atoms. The molecule has 2 unspecified atom stereocenters. The summed E-state index contributed by atoms with van der Waals surface area (Å²) in [7, 11) is 1.65. The average molecular weight is 285 g/mol. The smallest absolute Gasteiger partial charge is 0.237 e. The summed E-state index contributed by atoms with van der Waals surface area (Å²) in [5.74, 6) is 0.108. The third kappa shape index (κ3) is 6.20. The highest BCUT2D eigenvalue weighted by molar-refractivity contribution is 5.81. The van der Waals surface area contributed by atoms with E-state index < -0.39 is 0 Å². The Bertz CT molecular complexity index is 268. The molecule has 1 fully saturated rings. The van der Waals surface area contributed by atoms with Gasteiger partial charge in [-0.15, -0.1) is 0 Å². The molecule has 0 aromatic carbocycles. The number of rotatable bonds is 10. The van der Waals surface area contributed by atoms with E-state index in [0.29, 0.717) is 19.2 Å². The molecule has 1 heterocycles. The van der Waals surface area contributed by atoms with Crippen LogP contribution < -0.4 is 10.6 Å². The number of carbonyl (C=O) groups excluding carboxylic acids is 1. The number of ether oxygens (including phenoxy) is 1. The fourth-order valence-electron chi connectivity index (χ4n) is 2.59. The first-order chi connectivity index (χ1) is 9.69. The molecule has 0 bridgehead atoms. The molecule has 0 aromatic heterocycles. The van der Waals surface area contributed by atoms with E-state index in [-0.39, 0.29) is 11.9 Å². The Morgan fingerprint density at radius 1 is 1.55 bits per heavy atom. The van der Waals surface area contributed by atoms with Crippen LogP contribution in [0.1, 0.15) is 39.5 Å². The number of methoxy groups -OCH3 is 1.